The van der Waals surface area contributed by atoms with Crippen LogP contribution < -0.4 is 10.2 Å². The molecule has 0 unspecified atom stereocenters. The molecule has 0 spiro atoms. The Bertz CT molecular complexity index is 667. The molecule has 3 aliphatic rings. The highest BCUT2D eigenvalue weighted by Gasteiger charge is 2.55. The molecule has 2 aliphatic carbocycles. The van der Waals surface area contributed by atoms with Gasteiger partial charge in [0, 0.05) is 55.2 Å². The van der Waals surface area contributed by atoms with Gasteiger partial charge in [0.25, 0.3) is 0 Å². The van der Waals surface area contributed by atoms with Crippen molar-refractivity contribution in [3.63, 3.8) is 0 Å². The van der Waals surface area contributed by atoms with Crippen LogP contribution in [0.2, 0.25) is 0 Å². The first kappa shape index (κ1) is 18.1. The summed E-state index contributed by atoms with van der Waals surface area (Å²) in [7, 11) is 0. The van der Waals surface area contributed by atoms with Crippen molar-refractivity contribution in [2.75, 3.05) is 31.1 Å². The molecule has 1 aliphatic heterocycles. The second kappa shape index (κ2) is 7.35. The minimum absolute atomic E-state index is 0.0959. The molecule has 0 atom stereocenters. The highest BCUT2D eigenvalue weighted by molar-refractivity contribution is 6.23. The van der Waals surface area contributed by atoms with Crippen LogP contribution in [-0.4, -0.2) is 42.5 Å². The van der Waals surface area contributed by atoms with Crippen molar-refractivity contribution in [3.05, 3.63) is 29.6 Å². The average molecular weight is 380 g/mol. The van der Waals surface area contributed by atoms with Gasteiger partial charge in [0.15, 0.2) is 0 Å². The summed E-state index contributed by atoms with van der Waals surface area (Å²) >= 11 is 6.44. The number of hydrogen-bond acceptors (Lipinski definition) is 3. The molecule has 3 fully saturated rings. The van der Waals surface area contributed by atoms with E-state index in [9.17, 15) is 9.18 Å². The van der Waals surface area contributed by atoms with Crippen LogP contribution in [0.1, 0.15) is 50.5 Å². The fourth-order valence-electron chi connectivity index (χ4n) is 4.41. The standard InChI is InChI=1S/C20H27ClFN3O/c21-25(15-4-2-1-3-5-15)19(26)20(8-9-20)17-7-6-16(14-18(17)22)24-12-10-23-11-13-24/h6-7,14-15,23H,1-5,8-13H2. The minimum atomic E-state index is -0.745. The van der Waals surface area contributed by atoms with Gasteiger partial charge in [0.05, 0.1) is 5.41 Å². The Morgan fingerprint density at radius 2 is 1.88 bits per heavy atom. The molecule has 142 valence electrons. The van der Waals surface area contributed by atoms with Crippen LogP contribution in [0.3, 0.4) is 0 Å². The summed E-state index contributed by atoms with van der Waals surface area (Å²) in [6.45, 7) is 3.57. The topological polar surface area (TPSA) is 35.6 Å². The highest BCUT2D eigenvalue weighted by Crippen LogP contribution is 2.51. The zero-order valence-corrected chi connectivity index (χ0v) is 15.9. The molecule has 1 aromatic rings. The second-order valence-corrected chi connectivity index (χ2v) is 8.26. The smallest absolute Gasteiger partial charge is 0.247 e. The van der Waals surface area contributed by atoms with Gasteiger partial charge in [-0.1, -0.05) is 25.3 Å². The van der Waals surface area contributed by atoms with Gasteiger partial charge in [0.2, 0.25) is 5.91 Å². The number of nitrogens with one attached hydrogen (secondary N) is 1. The molecule has 1 aromatic carbocycles. The Hall–Kier alpha value is -1.33. The van der Waals surface area contributed by atoms with E-state index in [4.69, 9.17) is 11.8 Å². The van der Waals surface area contributed by atoms with E-state index in [1.807, 2.05) is 12.1 Å². The summed E-state index contributed by atoms with van der Waals surface area (Å²) in [6.07, 6.45) is 6.72. The number of amides is 1. The van der Waals surface area contributed by atoms with Crippen molar-refractivity contribution in [2.24, 2.45) is 0 Å². The predicted octanol–water partition coefficient (Wildman–Crippen LogP) is 3.58. The number of nitrogens with zero attached hydrogens (tertiary/aromatic N) is 2. The number of carbonyl (C=O) groups excluding carboxylic acids is 1. The Kier molecular flexibility index (Phi) is 5.11. The number of benzene rings is 1. The van der Waals surface area contributed by atoms with Crippen LogP contribution in [0.4, 0.5) is 10.1 Å². The molecule has 2 saturated carbocycles. The van der Waals surface area contributed by atoms with Gasteiger partial charge in [-0.3, -0.25) is 9.21 Å². The van der Waals surface area contributed by atoms with Crippen molar-refractivity contribution in [3.8, 4) is 0 Å². The van der Waals surface area contributed by atoms with Gasteiger partial charge < -0.3 is 10.2 Å². The van der Waals surface area contributed by atoms with Crippen LogP contribution in [-0.2, 0) is 10.2 Å². The third-order valence-corrected chi connectivity index (χ3v) is 6.63. The molecule has 1 heterocycles. The summed E-state index contributed by atoms with van der Waals surface area (Å²) < 4.78 is 16.3. The lowest BCUT2D eigenvalue weighted by Gasteiger charge is -2.32. The molecule has 0 bridgehead atoms. The van der Waals surface area contributed by atoms with E-state index >= 15 is 0 Å². The van der Waals surface area contributed by atoms with E-state index in [0.29, 0.717) is 18.4 Å². The summed E-state index contributed by atoms with van der Waals surface area (Å²) in [4.78, 5) is 15.3. The SMILES string of the molecule is O=C(N(Cl)C1CCCCC1)C1(c2ccc(N3CCNCC3)cc2F)CC1. The summed E-state index contributed by atoms with van der Waals surface area (Å²) in [5.41, 5.74) is 0.666. The van der Waals surface area contributed by atoms with Gasteiger partial charge in [-0.25, -0.2) is 4.39 Å². The van der Waals surface area contributed by atoms with Gasteiger partial charge in [-0.2, -0.15) is 0 Å². The largest absolute Gasteiger partial charge is 0.369 e. The molecule has 0 aromatic heterocycles. The normalized spacial score (nSPS) is 22.9. The molecule has 6 heteroatoms. The lowest BCUT2D eigenvalue weighted by Crippen LogP contribution is -2.43. The second-order valence-electron chi connectivity index (χ2n) is 7.89. The number of anilines is 1. The average Bonchev–Trinajstić information content (AvgIpc) is 3.50. The zero-order chi connectivity index (χ0) is 18.1. The van der Waals surface area contributed by atoms with E-state index in [-0.39, 0.29) is 17.8 Å². The van der Waals surface area contributed by atoms with Gasteiger partial charge >= 0.3 is 0 Å². The van der Waals surface area contributed by atoms with Crippen molar-refractivity contribution < 1.29 is 9.18 Å². The fraction of sp³-hybridized carbons (Fsp3) is 0.650. The summed E-state index contributed by atoms with van der Waals surface area (Å²) in [6, 6.07) is 5.45. The third kappa shape index (κ3) is 3.31. The molecular weight excluding hydrogens is 353 g/mol. The van der Waals surface area contributed by atoms with Gasteiger partial charge in [-0.05, 0) is 37.8 Å². The van der Waals surface area contributed by atoms with E-state index in [1.54, 1.807) is 6.07 Å². The Morgan fingerprint density at radius 3 is 2.50 bits per heavy atom. The number of carbonyl (C=O) groups is 1. The summed E-state index contributed by atoms with van der Waals surface area (Å²) in [5, 5.41) is 3.30. The van der Waals surface area contributed by atoms with Crippen molar-refractivity contribution in [1.82, 2.24) is 9.74 Å². The Morgan fingerprint density at radius 1 is 1.19 bits per heavy atom. The van der Waals surface area contributed by atoms with Gasteiger partial charge in [0.1, 0.15) is 5.82 Å². The molecule has 4 nitrogen and oxygen atoms in total. The predicted molar refractivity (Wildman–Crippen MR) is 102 cm³/mol. The molecular formula is C20H27ClFN3O. The minimum Gasteiger partial charge on any atom is -0.369 e. The van der Waals surface area contributed by atoms with Crippen LogP contribution >= 0.6 is 11.8 Å². The highest BCUT2D eigenvalue weighted by atomic mass is 35.5. The van der Waals surface area contributed by atoms with E-state index in [2.05, 4.69) is 10.2 Å². The maximum absolute atomic E-state index is 15.0. The van der Waals surface area contributed by atoms with Crippen LogP contribution in [0.5, 0.6) is 0 Å². The van der Waals surface area contributed by atoms with Crippen LogP contribution in [0.15, 0.2) is 18.2 Å². The van der Waals surface area contributed by atoms with Gasteiger partial charge in [-0.15, -0.1) is 0 Å². The molecule has 1 saturated heterocycles. The first-order valence-electron chi connectivity index (χ1n) is 9.87. The lowest BCUT2D eigenvalue weighted by molar-refractivity contribution is -0.131. The van der Waals surface area contributed by atoms with Crippen molar-refractivity contribution in [2.45, 2.75) is 56.4 Å². The van der Waals surface area contributed by atoms with Crippen molar-refractivity contribution >= 4 is 23.4 Å². The first-order valence-corrected chi connectivity index (χ1v) is 10.2. The Labute approximate surface area is 159 Å². The molecule has 26 heavy (non-hydrogen) atoms. The van der Waals surface area contributed by atoms with Crippen LogP contribution in [0, 0.1) is 5.82 Å². The quantitative estimate of drug-likeness (QED) is 0.812. The maximum atomic E-state index is 15.0. The number of halogens is 2. The van der Waals surface area contributed by atoms with E-state index in [0.717, 1.165) is 57.5 Å². The molecule has 0 radical (unpaired) electrons. The zero-order valence-electron chi connectivity index (χ0n) is 15.1. The third-order valence-electron chi connectivity index (χ3n) is 6.20. The summed E-state index contributed by atoms with van der Waals surface area (Å²) in [5.74, 6) is -0.388. The number of piperazine rings is 1. The Balaban J connectivity index is 1.53. The number of hydrogen-bond donors (Lipinski definition) is 1. The fourth-order valence-corrected chi connectivity index (χ4v) is 4.77. The van der Waals surface area contributed by atoms with Crippen molar-refractivity contribution in [1.29, 1.82) is 0 Å². The molecule has 1 N–H and O–H groups in total. The number of rotatable bonds is 4. The first-order chi connectivity index (χ1) is 12.6. The van der Waals surface area contributed by atoms with Crippen LogP contribution in [0.25, 0.3) is 0 Å². The molecule has 1 amide bonds. The van der Waals surface area contributed by atoms with E-state index < -0.39 is 5.41 Å². The monoisotopic (exact) mass is 379 g/mol. The van der Waals surface area contributed by atoms with E-state index in [1.165, 1.54) is 10.8 Å². The maximum Gasteiger partial charge on any atom is 0.247 e. The molecule has 4 rings (SSSR count). The lowest BCUT2D eigenvalue weighted by atomic mass is 9.91.